The van der Waals surface area contributed by atoms with Crippen LogP contribution in [0, 0.1) is 0 Å². The van der Waals surface area contributed by atoms with Gasteiger partial charge in [0.2, 0.25) is 5.91 Å². The molecular formula is C13H14F3NO. The van der Waals surface area contributed by atoms with Crippen molar-refractivity contribution in [1.82, 2.24) is 4.90 Å². The average Bonchev–Trinajstić information content (AvgIpc) is 2.76. The van der Waals surface area contributed by atoms with Crippen molar-refractivity contribution in [2.24, 2.45) is 0 Å². The Hall–Kier alpha value is -1.52. The van der Waals surface area contributed by atoms with Crippen LogP contribution in [0.4, 0.5) is 13.2 Å². The van der Waals surface area contributed by atoms with Crippen LogP contribution in [0.1, 0.15) is 36.9 Å². The number of hydrogen-bond acceptors (Lipinski definition) is 1. The highest BCUT2D eigenvalue weighted by molar-refractivity contribution is 5.74. The number of nitrogens with zero attached hydrogens (tertiary/aromatic N) is 1. The maximum atomic E-state index is 12.9. The van der Waals surface area contributed by atoms with E-state index in [1.54, 1.807) is 6.07 Å². The van der Waals surface area contributed by atoms with Crippen molar-refractivity contribution in [3.63, 3.8) is 0 Å². The highest BCUT2D eigenvalue weighted by Crippen LogP contribution is 2.40. The van der Waals surface area contributed by atoms with Crippen molar-refractivity contribution in [3.05, 3.63) is 35.4 Å². The second-order valence-corrected chi connectivity index (χ2v) is 4.46. The summed E-state index contributed by atoms with van der Waals surface area (Å²) in [4.78, 5) is 13.0. The van der Waals surface area contributed by atoms with E-state index in [-0.39, 0.29) is 11.5 Å². The van der Waals surface area contributed by atoms with Gasteiger partial charge in [-0.15, -0.1) is 0 Å². The fourth-order valence-electron chi connectivity index (χ4n) is 2.51. The number of benzene rings is 1. The Morgan fingerprint density at radius 1 is 1.33 bits per heavy atom. The lowest BCUT2D eigenvalue weighted by Gasteiger charge is -2.26. The Morgan fingerprint density at radius 3 is 2.61 bits per heavy atom. The molecule has 18 heavy (non-hydrogen) atoms. The predicted octanol–water partition coefficient (Wildman–Crippen LogP) is 3.39. The minimum Gasteiger partial charge on any atom is -0.336 e. The molecule has 2 nitrogen and oxygen atoms in total. The highest BCUT2D eigenvalue weighted by Gasteiger charge is 2.38. The lowest BCUT2D eigenvalue weighted by atomic mass is 9.98. The standard InChI is InChI=1S/C13H14F3NO/c1-9(18)17-8-4-7-12(17)10-5-2-3-6-11(10)13(14,15)16/h2-3,5-6,12H,4,7-8H2,1H3/t12-/m1/s1. The summed E-state index contributed by atoms with van der Waals surface area (Å²) in [7, 11) is 0. The van der Waals surface area contributed by atoms with E-state index in [4.69, 9.17) is 0 Å². The lowest BCUT2D eigenvalue weighted by Crippen LogP contribution is -2.29. The SMILES string of the molecule is CC(=O)N1CCC[C@@H]1c1ccccc1C(F)(F)F. The van der Waals surface area contributed by atoms with Crippen molar-refractivity contribution in [3.8, 4) is 0 Å². The maximum absolute atomic E-state index is 12.9. The fraction of sp³-hybridized carbons (Fsp3) is 0.462. The number of hydrogen-bond donors (Lipinski definition) is 0. The monoisotopic (exact) mass is 257 g/mol. The molecule has 0 N–H and O–H groups in total. The van der Waals surface area contributed by atoms with Crippen molar-refractivity contribution in [1.29, 1.82) is 0 Å². The zero-order valence-corrected chi connectivity index (χ0v) is 10.00. The van der Waals surface area contributed by atoms with Crippen LogP contribution in [-0.4, -0.2) is 17.4 Å². The molecule has 5 heteroatoms. The van der Waals surface area contributed by atoms with Gasteiger partial charge in [0.15, 0.2) is 0 Å². The molecule has 98 valence electrons. The highest BCUT2D eigenvalue weighted by atomic mass is 19.4. The molecule has 1 saturated heterocycles. The van der Waals surface area contributed by atoms with Gasteiger partial charge < -0.3 is 4.90 Å². The number of alkyl halides is 3. The largest absolute Gasteiger partial charge is 0.416 e. The molecule has 0 spiro atoms. The summed E-state index contributed by atoms with van der Waals surface area (Å²) in [5, 5.41) is 0. The summed E-state index contributed by atoms with van der Waals surface area (Å²) >= 11 is 0. The average molecular weight is 257 g/mol. The number of amides is 1. The molecule has 1 aromatic rings. The first-order valence-electron chi connectivity index (χ1n) is 5.84. The van der Waals surface area contributed by atoms with E-state index in [1.165, 1.54) is 24.0 Å². The van der Waals surface area contributed by atoms with Crippen LogP contribution in [0.3, 0.4) is 0 Å². The molecule has 0 aliphatic carbocycles. The van der Waals surface area contributed by atoms with Crippen molar-refractivity contribution < 1.29 is 18.0 Å². The summed E-state index contributed by atoms with van der Waals surface area (Å²) in [6, 6.07) is 5.06. The van der Waals surface area contributed by atoms with Gasteiger partial charge in [-0.25, -0.2) is 0 Å². The van der Waals surface area contributed by atoms with E-state index < -0.39 is 17.8 Å². The Balaban J connectivity index is 2.42. The molecule has 1 aliphatic rings. The Kier molecular flexibility index (Phi) is 3.32. The van der Waals surface area contributed by atoms with Crippen molar-refractivity contribution in [2.45, 2.75) is 32.0 Å². The van der Waals surface area contributed by atoms with Gasteiger partial charge in [0.25, 0.3) is 0 Å². The van der Waals surface area contributed by atoms with Crippen LogP contribution in [-0.2, 0) is 11.0 Å². The molecule has 0 aromatic heterocycles. The molecule has 0 saturated carbocycles. The van der Waals surface area contributed by atoms with E-state index in [0.717, 1.165) is 12.5 Å². The molecule has 1 amide bonds. The first-order chi connectivity index (χ1) is 8.41. The second kappa shape index (κ2) is 4.63. The Bertz CT molecular complexity index is 456. The topological polar surface area (TPSA) is 20.3 Å². The molecule has 1 fully saturated rings. The van der Waals surface area contributed by atoms with Crippen LogP contribution in [0.2, 0.25) is 0 Å². The summed E-state index contributed by atoms with van der Waals surface area (Å²) in [5.74, 6) is -0.172. The number of halogens is 3. The van der Waals surface area contributed by atoms with E-state index in [9.17, 15) is 18.0 Å². The molecule has 1 atom stereocenters. The van der Waals surface area contributed by atoms with E-state index in [1.807, 2.05) is 0 Å². The minimum absolute atomic E-state index is 0.172. The second-order valence-electron chi connectivity index (χ2n) is 4.46. The zero-order chi connectivity index (χ0) is 13.3. The third-order valence-electron chi connectivity index (χ3n) is 3.28. The number of carbonyl (C=O) groups is 1. The molecule has 2 rings (SSSR count). The van der Waals surface area contributed by atoms with Gasteiger partial charge in [-0.3, -0.25) is 4.79 Å². The van der Waals surface area contributed by atoms with Crippen LogP contribution in [0.5, 0.6) is 0 Å². The Morgan fingerprint density at radius 2 is 2.00 bits per heavy atom. The van der Waals surface area contributed by atoms with Gasteiger partial charge in [-0.2, -0.15) is 13.2 Å². The molecule has 1 heterocycles. The van der Waals surface area contributed by atoms with Gasteiger partial charge >= 0.3 is 6.18 Å². The smallest absolute Gasteiger partial charge is 0.336 e. The third kappa shape index (κ3) is 2.35. The first-order valence-corrected chi connectivity index (χ1v) is 5.84. The van der Waals surface area contributed by atoms with Crippen LogP contribution in [0.25, 0.3) is 0 Å². The normalized spacial score (nSPS) is 20.2. The molecule has 1 aromatic carbocycles. The molecule has 0 bridgehead atoms. The number of carbonyl (C=O) groups excluding carboxylic acids is 1. The van der Waals surface area contributed by atoms with E-state index >= 15 is 0 Å². The van der Waals surface area contributed by atoms with Gasteiger partial charge in [0.1, 0.15) is 0 Å². The van der Waals surface area contributed by atoms with Gasteiger partial charge in [-0.1, -0.05) is 18.2 Å². The third-order valence-corrected chi connectivity index (χ3v) is 3.28. The molecular weight excluding hydrogens is 243 g/mol. The summed E-state index contributed by atoms with van der Waals surface area (Å²) in [6.45, 7) is 1.93. The zero-order valence-electron chi connectivity index (χ0n) is 10.00. The maximum Gasteiger partial charge on any atom is 0.416 e. The summed E-state index contributed by atoms with van der Waals surface area (Å²) < 4.78 is 38.8. The lowest BCUT2D eigenvalue weighted by molar-refractivity contribution is -0.140. The first kappa shape index (κ1) is 12.9. The summed E-state index contributed by atoms with van der Waals surface area (Å²) in [6.07, 6.45) is -3.04. The fourth-order valence-corrected chi connectivity index (χ4v) is 2.51. The predicted molar refractivity (Wildman–Crippen MR) is 60.8 cm³/mol. The van der Waals surface area contributed by atoms with Crippen molar-refractivity contribution >= 4 is 5.91 Å². The molecule has 1 aliphatic heterocycles. The van der Waals surface area contributed by atoms with Crippen LogP contribution >= 0.6 is 0 Å². The Labute approximate surface area is 103 Å². The quantitative estimate of drug-likeness (QED) is 0.755. The van der Waals surface area contributed by atoms with Gasteiger partial charge in [-0.05, 0) is 24.5 Å². The van der Waals surface area contributed by atoms with Gasteiger partial charge in [0.05, 0.1) is 11.6 Å². The molecule has 0 radical (unpaired) electrons. The van der Waals surface area contributed by atoms with Gasteiger partial charge in [0, 0.05) is 13.5 Å². The molecule has 0 unspecified atom stereocenters. The van der Waals surface area contributed by atoms with E-state index in [2.05, 4.69) is 0 Å². The summed E-state index contributed by atoms with van der Waals surface area (Å²) in [5.41, 5.74) is -0.430. The number of likely N-dealkylation sites (tertiary alicyclic amines) is 1. The van der Waals surface area contributed by atoms with Crippen molar-refractivity contribution in [2.75, 3.05) is 6.54 Å². The van der Waals surface area contributed by atoms with Crippen LogP contribution < -0.4 is 0 Å². The van der Waals surface area contributed by atoms with Crippen LogP contribution in [0.15, 0.2) is 24.3 Å². The number of rotatable bonds is 1. The minimum atomic E-state index is -4.37. The van der Waals surface area contributed by atoms with E-state index in [0.29, 0.717) is 13.0 Å².